The van der Waals surface area contributed by atoms with Crippen molar-refractivity contribution in [1.82, 2.24) is 15.5 Å². The Morgan fingerprint density at radius 2 is 1.86 bits per heavy atom. The highest BCUT2D eigenvalue weighted by molar-refractivity contribution is 5.79. The largest absolute Gasteiger partial charge is 0.381 e. The van der Waals surface area contributed by atoms with Gasteiger partial charge in [0.05, 0.1) is 0 Å². The quantitative estimate of drug-likeness (QED) is 0.374. The van der Waals surface area contributed by atoms with E-state index < -0.39 is 0 Å². The van der Waals surface area contributed by atoms with Crippen LogP contribution in [0.3, 0.4) is 0 Å². The van der Waals surface area contributed by atoms with Gasteiger partial charge in [0, 0.05) is 57.4 Å². The summed E-state index contributed by atoms with van der Waals surface area (Å²) in [6, 6.07) is 8.08. The maximum Gasteiger partial charge on any atom is 0.191 e. The Bertz CT molecular complexity index is 634. The highest BCUT2D eigenvalue weighted by Crippen LogP contribution is 2.34. The van der Waals surface area contributed by atoms with Gasteiger partial charge in [-0.2, -0.15) is 0 Å². The van der Waals surface area contributed by atoms with Crippen LogP contribution in [-0.2, 0) is 10.2 Å². The van der Waals surface area contributed by atoms with Gasteiger partial charge in [0.1, 0.15) is 5.82 Å². The molecule has 1 saturated heterocycles. The monoisotopic (exact) mass is 406 g/mol. The molecule has 0 atom stereocenters. The predicted octanol–water partition coefficient (Wildman–Crippen LogP) is 3.55. The van der Waals surface area contributed by atoms with Crippen LogP contribution in [0.2, 0.25) is 0 Å². The highest BCUT2D eigenvalue weighted by Gasteiger charge is 2.34. The minimum Gasteiger partial charge on any atom is -0.381 e. The van der Waals surface area contributed by atoms with Crippen molar-refractivity contribution in [3.8, 4) is 0 Å². The van der Waals surface area contributed by atoms with Crippen LogP contribution in [0.4, 0.5) is 4.39 Å². The summed E-state index contributed by atoms with van der Waals surface area (Å²) in [7, 11) is 1.79. The van der Waals surface area contributed by atoms with E-state index in [9.17, 15) is 4.39 Å². The van der Waals surface area contributed by atoms with Gasteiger partial charge in [0.2, 0.25) is 0 Å². The molecule has 0 spiro atoms. The second kappa shape index (κ2) is 11.5. The number of aliphatic imine (C=N–C) groups is 1. The van der Waals surface area contributed by atoms with Crippen LogP contribution in [-0.4, -0.2) is 62.8 Å². The van der Waals surface area contributed by atoms with E-state index >= 15 is 0 Å². The molecule has 2 N–H and O–H groups in total. The van der Waals surface area contributed by atoms with E-state index in [0.717, 1.165) is 43.9 Å². The number of nitrogens with zero attached hydrogens (tertiary/aromatic N) is 2. The molecule has 0 saturated carbocycles. The molecule has 1 heterocycles. The minimum atomic E-state index is -0.185. The summed E-state index contributed by atoms with van der Waals surface area (Å²) in [6.45, 7) is 13.0. The third-order valence-electron chi connectivity index (χ3n) is 5.92. The molecule has 1 fully saturated rings. The van der Waals surface area contributed by atoms with Crippen LogP contribution in [0, 0.1) is 5.82 Å². The Kier molecular flexibility index (Phi) is 9.37. The Hall–Kier alpha value is -1.66. The Morgan fingerprint density at radius 3 is 2.45 bits per heavy atom. The normalized spacial score (nSPS) is 17.2. The van der Waals surface area contributed by atoms with Gasteiger partial charge in [-0.3, -0.25) is 9.89 Å². The molecular formula is C23H39FN4O. The first kappa shape index (κ1) is 23.6. The molecule has 0 aliphatic carbocycles. The van der Waals surface area contributed by atoms with Crippen molar-refractivity contribution < 1.29 is 9.13 Å². The van der Waals surface area contributed by atoms with Crippen LogP contribution in [0.15, 0.2) is 29.3 Å². The summed E-state index contributed by atoms with van der Waals surface area (Å²) < 4.78 is 19.4. The zero-order chi connectivity index (χ0) is 21.3. The van der Waals surface area contributed by atoms with Gasteiger partial charge in [-0.25, -0.2) is 4.39 Å². The summed E-state index contributed by atoms with van der Waals surface area (Å²) in [4.78, 5) is 6.88. The number of nitrogens with one attached hydrogen (secondary N) is 2. The van der Waals surface area contributed by atoms with Crippen LogP contribution in [0.1, 0.15) is 52.5 Å². The number of hydrogen-bond acceptors (Lipinski definition) is 3. The van der Waals surface area contributed by atoms with Gasteiger partial charge < -0.3 is 15.4 Å². The van der Waals surface area contributed by atoms with Crippen LogP contribution in [0.25, 0.3) is 0 Å². The first-order chi connectivity index (χ1) is 13.9. The number of guanidine groups is 1. The first-order valence-electron chi connectivity index (χ1n) is 10.9. The summed E-state index contributed by atoms with van der Waals surface area (Å²) in [5.74, 6) is 0.614. The molecule has 0 bridgehead atoms. The molecule has 0 amide bonds. The smallest absolute Gasteiger partial charge is 0.191 e. The average molecular weight is 407 g/mol. The second-order valence-electron chi connectivity index (χ2n) is 8.53. The molecule has 5 nitrogen and oxygen atoms in total. The van der Waals surface area contributed by atoms with Gasteiger partial charge in [0.25, 0.3) is 0 Å². The fourth-order valence-corrected chi connectivity index (χ4v) is 4.20. The van der Waals surface area contributed by atoms with Crippen molar-refractivity contribution in [2.45, 2.75) is 64.5 Å². The topological polar surface area (TPSA) is 48.9 Å². The zero-order valence-corrected chi connectivity index (χ0v) is 18.8. The van der Waals surface area contributed by atoms with E-state index in [-0.39, 0.29) is 11.2 Å². The minimum absolute atomic E-state index is 0.135. The number of hydrogen-bond donors (Lipinski definition) is 2. The standard InChI is InChI=1S/C23H39FN4O/c1-18(2)28(19(3)4)13-7-12-26-22(25-5)27-17-23(10-14-29-15-11-23)20-8-6-9-21(24)16-20/h6,8-9,16,18-19H,7,10-15,17H2,1-5H3,(H2,25,26,27). The molecular weight excluding hydrogens is 367 g/mol. The summed E-state index contributed by atoms with van der Waals surface area (Å²) in [5.41, 5.74) is 0.901. The maximum absolute atomic E-state index is 13.8. The van der Waals surface area contributed by atoms with Gasteiger partial charge in [-0.15, -0.1) is 0 Å². The van der Waals surface area contributed by atoms with E-state index in [0.29, 0.717) is 31.8 Å². The summed E-state index contributed by atoms with van der Waals surface area (Å²) >= 11 is 0. The van der Waals surface area contributed by atoms with Crippen molar-refractivity contribution in [3.63, 3.8) is 0 Å². The highest BCUT2D eigenvalue weighted by atomic mass is 19.1. The fraction of sp³-hybridized carbons (Fsp3) is 0.696. The Balaban J connectivity index is 1.90. The molecule has 0 radical (unpaired) electrons. The van der Waals surface area contributed by atoms with Crippen LogP contribution >= 0.6 is 0 Å². The van der Waals surface area contributed by atoms with Gasteiger partial charge in [0.15, 0.2) is 5.96 Å². The lowest BCUT2D eigenvalue weighted by Gasteiger charge is -2.38. The van der Waals surface area contributed by atoms with Gasteiger partial charge >= 0.3 is 0 Å². The van der Waals surface area contributed by atoms with E-state index in [1.54, 1.807) is 19.2 Å². The van der Waals surface area contributed by atoms with Crippen molar-refractivity contribution in [3.05, 3.63) is 35.6 Å². The van der Waals surface area contributed by atoms with E-state index in [4.69, 9.17) is 4.74 Å². The van der Waals surface area contributed by atoms with E-state index in [1.807, 2.05) is 6.07 Å². The average Bonchev–Trinajstić information content (AvgIpc) is 2.70. The molecule has 1 aliphatic heterocycles. The Labute approximate surface area is 176 Å². The first-order valence-corrected chi connectivity index (χ1v) is 10.9. The van der Waals surface area contributed by atoms with E-state index in [1.165, 1.54) is 6.07 Å². The molecule has 1 aliphatic rings. The van der Waals surface area contributed by atoms with E-state index in [2.05, 4.69) is 48.2 Å². The zero-order valence-electron chi connectivity index (χ0n) is 18.8. The molecule has 29 heavy (non-hydrogen) atoms. The van der Waals surface area contributed by atoms with Gasteiger partial charge in [-0.1, -0.05) is 12.1 Å². The van der Waals surface area contributed by atoms with Crippen molar-refractivity contribution in [1.29, 1.82) is 0 Å². The number of ether oxygens (including phenoxy) is 1. The summed E-state index contributed by atoms with van der Waals surface area (Å²) in [6.07, 6.45) is 2.80. The number of benzene rings is 1. The van der Waals surface area contributed by atoms with Crippen molar-refractivity contribution >= 4 is 5.96 Å². The molecule has 1 aromatic rings. The SMILES string of the molecule is CN=C(NCCCN(C(C)C)C(C)C)NCC1(c2cccc(F)c2)CCOCC1. The maximum atomic E-state index is 13.8. The summed E-state index contributed by atoms with van der Waals surface area (Å²) in [5, 5.41) is 6.91. The van der Waals surface area contributed by atoms with Crippen LogP contribution < -0.4 is 10.6 Å². The van der Waals surface area contributed by atoms with Crippen molar-refractivity contribution in [2.75, 3.05) is 39.9 Å². The lowest BCUT2D eigenvalue weighted by molar-refractivity contribution is 0.0513. The molecule has 0 unspecified atom stereocenters. The molecule has 2 rings (SSSR count). The number of halogens is 1. The van der Waals surface area contributed by atoms with Crippen LogP contribution in [0.5, 0.6) is 0 Å². The number of rotatable bonds is 9. The lowest BCUT2D eigenvalue weighted by atomic mass is 9.74. The fourth-order valence-electron chi connectivity index (χ4n) is 4.20. The predicted molar refractivity (Wildman–Crippen MR) is 119 cm³/mol. The third-order valence-corrected chi connectivity index (χ3v) is 5.92. The second-order valence-corrected chi connectivity index (χ2v) is 8.53. The molecule has 0 aromatic heterocycles. The third kappa shape index (κ3) is 6.96. The molecule has 164 valence electrons. The molecule has 1 aromatic carbocycles. The van der Waals surface area contributed by atoms with Gasteiger partial charge in [-0.05, 0) is 64.7 Å². The molecule has 6 heteroatoms. The van der Waals surface area contributed by atoms with Crippen molar-refractivity contribution in [2.24, 2.45) is 4.99 Å². The lowest BCUT2D eigenvalue weighted by Crippen LogP contribution is -2.48. The Morgan fingerprint density at radius 1 is 1.17 bits per heavy atom.